The SMILES string of the molecule is CC.Cc1cn(C)c(=O)nn1. The highest BCUT2D eigenvalue weighted by molar-refractivity contribution is 4.86. The average molecular weight is 155 g/mol. The molecule has 11 heavy (non-hydrogen) atoms. The quantitative estimate of drug-likeness (QED) is 0.548. The molecule has 0 aliphatic carbocycles. The highest BCUT2D eigenvalue weighted by Gasteiger charge is 1.89. The number of hydrogen-bond donors (Lipinski definition) is 0. The molecule has 0 radical (unpaired) electrons. The van der Waals surface area contributed by atoms with Gasteiger partial charge in [0, 0.05) is 13.2 Å². The molecule has 1 heterocycles. The standard InChI is InChI=1S/C5H7N3O.C2H6/c1-4-3-8(2)5(9)7-6-4;1-2/h3H,1-2H3;1-2H3. The summed E-state index contributed by atoms with van der Waals surface area (Å²) in [4.78, 5) is 10.6. The van der Waals surface area contributed by atoms with Crippen LogP contribution in [0.3, 0.4) is 0 Å². The Morgan fingerprint density at radius 1 is 1.36 bits per heavy atom. The van der Waals surface area contributed by atoms with E-state index in [-0.39, 0.29) is 5.69 Å². The summed E-state index contributed by atoms with van der Waals surface area (Å²) in [5, 5.41) is 6.89. The van der Waals surface area contributed by atoms with Crippen LogP contribution in [0.1, 0.15) is 19.5 Å². The zero-order chi connectivity index (χ0) is 8.85. The fourth-order valence-corrected chi connectivity index (χ4v) is 0.553. The molecule has 0 aliphatic heterocycles. The Morgan fingerprint density at radius 2 is 1.91 bits per heavy atom. The lowest BCUT2D eigenvalue weighted by molar-refractivity contribution is 0.740. The Labute approximate surface area is 65.9 Å². The molecular weight excluding hydrogens is 142 g/mol. The summed E-state index contributed by atoms with van der Waals surface area (Å²) in [6.07, 6.45) is 1.63. The third-order valence-electron chi connectivity index (χ3n) is 0.975. The van der Waals surface area contributed by atoms with Crippen molar-refractivity contribution in [1.82, 2.24) is 14.8 Å². The molecule has 0 aliphatic rings. The lowest BCUT2D eigenvalue weighted by atomic mass is 10.5. The van der Waals surface area contributed by atoms with Crippen molar-refractivity contribution in [2.24, 2.45) is 7.05 Å². The topological polar surface area (TPSA) is 47.8 Å². The number of hydrogen-bond acceptors (Lipinski definition) is 3. The van der Waals surface area contributed by atoms with Crippen molar-refractivity contribution in [2.45, 2.75) is 20.8 Å². The maximum Gasteiger partial charge on any atom is 0.365 e. The molecule has 0 unspecified atom stereocenters. The van der Waals surface area contributed by atoms with Crippen LogP contribution in [-0.2, 0) is 7.05 Å². The summed E-state index contributed by atoms with van der Waals surface area (Å²) in [6, 6.07) is 0. The van der Waals surface area contributed by atoms with Crippen molar-refractivity contribution in [3.63, 3.8) is 0 Å². The smallest absolute Gasteiger partial charge is 0.299 e. The van der Waals surface area contributed by atoms with Gasteiger partial charge in [0.1, 0.15) is 0 Å². The Bertz CT molecular complexity index is 267. The second-order valence-electron chi connectivity index (χ2n) is 1.86. The molecule has 0 atom stereocenters. The predicted molar refractivity (Wildman–Crippen MR) is 43.4 cm³/mol. The molecule has 0 amide bonds. The van der Waals surface area contributed by atoms with Crippen molar-refractivity contribution >= 4 is 0 Å². The first kappa shape index (κ1) is 9.81. The second kappa shape index (κ2) is 4.60. The van der Waals surface area contributed by atoms with Crippen molar-refractivity contribution < 1.29 is 0 Å². The molecule has 0 spiro atoms. The molecule has 0 bridgehead atoms. The van der Waals surface area contributed by atoms with Gasteiger partial charge in [-0.3, -0.25) is 4.57 Å². The van der Waals surface area contributed by atoms with Crippen LogP contribution in [0.15, 0.2) is 11.0 Å². The van der Waals surface area contributed by atoms with Gasteiger partial charge in [-0.05, 0) is 6.92 Å². The van der Waals surface area contributed by atoms with E-state index >= 15 is 0 Å². The first-order valence-electron chi connectivity index (χ1n) is 3.57. The molecule has 4 heteroatoms. The van der Waals surface area contributed by atoms with Gasteiger partial charge in [0.25, 0.3) is 0 Å². The molecule has 4 nitrogen and oxygen atoms in total. The zero-order valence-corrected chi connectivity index (χ0v) is 7.33. The van der Waals surface area contributed by atoms with Crippen LogP contribution in [0.5, 0.6) is 0 Å². The van der Waals surface area contributed by atoms with E-state index in [9.17, 15) is 4.79 Å². The number of nitrogens with zero attached hydrogens (tertiary/aromatic N) is 3. The van der Waals surface area contributed by atoms with E-state index in [0.29, 0.717) is 0 Å². The largest absolute Gasteiger partial charge is 0.365 e. The fourth-order valence-electron chi connectivity index (χ4n) is 0.553. The van der Waals surface area contributed by atoms with Crippen molar-refractivity contribution in [2.75, 3.05) is 0 Å². The molecule has 0 N–H and O–H groups in total. The number of aryl methyl sites for hydroxylation is 2. The molecule has 0 saturated heterocycles. The van der Waals surface area contributed by atoms with Crippen molar-refractivity contribution in [1.29, 1.82) is 0 Å². The first-order chi connectivity index (χ1) is 5.20. The summed E-state index contributed by atoms with van der Waals surface area (Å²) in [5.74, 6) is 0. The maximum atomic E-state index is 10.6. The minimum Gasteiger partial charge on any atom is -0.299 e. The average Bonchev–Trinajstić information content (AvgIpc) is 2.02. The van der Waals surface area contributed by atoms with Gasteiger partial charge in [0.2, 0.25) is 0 Å². The van der Waals surface area contributed by atoms with Gasteiger partial charge in [-0.2, -0.15) is 0 Å². The van der Waals surface area contributed by atoms with E-state index in [4.69, 9.17) is 0 Å². The Kier molecular flexibility index (Phi) is 4.10. The first-order valence-corrected chi connectivity index (χ1v) is 3.57. The Morgan fingerprint density at radius 3 is 2.27 bits per heavy atom. The van der Waals surface area contributed by atoms with Crippen LogP contribution in [0.25, 0.3) is 0 Å². The van der Waals surface area contributed by atoms with Gasteiger partial charge >= 0.3 is 5.69 Å². The molecule has 0 fully saturated rings. The molecule has 1 aromatic heterocycles. The van der Waals surface area contributed by atoms with Gasteiger partial charge in [-0.25, -0.2) is 4.79 Å². The van der Waals surface area contributed by atoms with Crippen LogP contribution in [0.4, 0.5) is 0 Å². The fraction of sp³-hybridized carbons (Fsp3) is 0.571. The molecule has 1 rings (SSSR count). The highest BCUT2D eigenvalue weighted by Crippen LogP contribution is 1.79. The van der Waals surface area contributed by atoms with Gasteiger partial charge in [-0.1, -0.05) is 18.9 Å². The lowest BCUT2D eigenvalue weighted by Crippen LogP contribution is -2.20. The van der Waals surface area contributed by atoms with Crippen LogP contribution in [-0.4, -0.2) is 14.8 Å². The minimum atomic E-state index is -0.319. The number of rotatable bonds is 0. The van der Waals surface area contributed by atoms with Gasteiger partial charge in [0.05, 0.1) is 5.69 Å². The van der Waals surface area contributed by atoms with Crippen LogP contribution in [0, 0.1) is 6.92 Å². The zero-order valence-electron chi connectivity index (χ0n) is 7.33. The lowest BCUT2D eigenvalue weighted by Gasteiger charge is -1.92. The summed E-state index contributed by atoms with van der Waals surface area (Å²) in [7, 11) is 1.64. The summed E-state index contributed by atoms with van der Waals surface area (Å²) in [6.45, 7) is 5.78. The third-order valence-corrected chi connectivity index (χ3v) is 0.975. The van der Waals surface area contributed by atoms with Gasteiger partial charge in [0.15, 0.2) is 0 Å². The summed E-state index contributed by atoms with van der Waals surface area (Å²) >= 11 is 0. The van der Waals surface area contributed by atoms with E-state index in [1.54, 1.807) is 20.2 Å². The number of aromatic nitrogens is 3. The van der Waals surface area contributed by atoms with E-state index in [2.05, 4.69) is 10.2 Å². The maximum absolute atomic E-state index is 10.6. The summed E-state index contributed by atoms with van der Waals surface area (Å²) < 4.78 is 1.39. The van der Waals surface area contributed by atoms with Crippen LogP contribution in [0.2, 0.25) is 0 Å². The van der Waals surface area contributed by atoms with Gasteiger partial charge < -0.3 is 0 Å². The molecule has 1 aromatic rings. The van der Waals surface area contributed by atoms with E-state index < -0.39 is 0 Å². The molecule has 0 saturated carbocycles. The van der Waals surface area contributed by atoms with E-state index in [0.717, 1.165) is 5.69 Å². The van der Waals surface area contributed by atoms with Gasteiger partial charge in [-0.15, -0.1) is 5.10 Å². The summed E-state index contributed by atoms with van der Waals surface area (Å²) in [5.41, 5.74) is 0.428. The Balaban J connectivity index is 0.000000461. The van der Waals surface area contributed by atoms with Crippen LogP contribution < -0.4 is 5.69 Å². The minimum absolute atomic E-state index is 0.319. The highest BCUT2D eigenvalue weighted by atomic mass is 16.1. The normalized spacial score (nSPS) is 8.36. The third kappa shape index (κ3) is 2.93. The van der Waals surface area contributed by atoms with Crippen molar-refractivity contribution in [3.8, 4) is 0 Å². The monoisotopic (exact) mass is 155 g/mol. The molecular formula is C7H13N3O. The van der Waals surface area contributed by atoms with Crippen molar-refractivity contribution in [3.05, 3.63) is 22.4 Å². The van der Waals surface area contributed by atoms with E-state index in [1.807, 2.05) is 13.8 Å². The Hall–Kier alpha value is -1.19. The van der Waals surface area contributed by atoms with E-state index in [1.165, 1.54) is 4.57 Å². The molecule has 62 valence electrons. The molecule has 0 aromatic carbocycles. The van der Waals surface area contributed by atoms with Crippen LogP contribution >= 0.6 is 0 Å². The predicted octanol–water partition coefficient (Wildman–Crippen LogP) is 0.510. The second-order valence-corrected chi connectivity index (χ2v) is 1.86.